The van der Waals surface area contributed by atoms with E-state index in [9.17, 15) is 9.59 Å². The first-order valence-electron chi connectivity index (χ1n) is 8.56. The predicted octanol–water partition coefficient (Wildman–Crippen LogP) is 3.28. The van der Waals surface area contributed by atoms with E-state index in [1.54, 1.807) is 12.1 Å². The van der Waals surface area contributed by atoms with Crippen LogP contribution in [0.3, 0.4) is 0 Å². The molecule has 3 rings (SSSR count). The van der Waals surface area contributed by atoms with Gasteiger partial charge in [-0.1, -0.05) is 47.5 Å². The monoisotopic (exact) mass is 360 g/mol. The molecular weight excluding hydrogens is 340 g/mol. The number of nitrogens with zero attached hydrogens (tertiary/aromatic N) is 2. The van der Waals surface area contributed by atoms with Crippen LogP contribution in [0, 0.1) is 13.8 Å². The number of amides is 2. The number of anilines is 1. The lowest BCUT2D eigenvalue weighted by Gasteiger charge is -2.10. The fourth-order valence-electron chi connectivity index (χ4n) is 2.45. The number of aryl methyl sites for hydroxylation is 2. The van der Waals surface area contributed by atoms with Gasteiger partial charge in [-0.15, -0.1) is 0 Å². The smallest absolute Gasteiger partial charge is 0.274 e. The summed E-state index contributed by atoms with van der Waals surface area (Å²) in [6, 6.07) is 15.0. The highest BCUT2D eigenvalue weighted by atomic mass is 16.2. The molecule has 2 N–H and O–H groups in total. The van der Waals surface area contributed by atoms with Crippen molar-refractivity contribution in [1.82, 2.24) is 15.3 Å². The molecule has 3 aromatic rings. The Labute approximate surface area is 157 Å². The normalized spacial score (nSPS) is 10.3. The fraction of sp³-hybridized carbons (Fsp3) is 0.143. The first kappa shape index (κ1) is 18.3. The quantitative estimate of drug-likeness (QED) is 0.731. The molecule has 0 aliphatic heterocycles. The van der Waals surface area contributed by atoms with Gasteiger partial charge in [0, 0.05) is 24.5 Å². The van der Waals surface area contributed by atoms with Gasteiger partial charge in [0.05, 0.1) is 0 Å². The molecule has 136 valence electrons. The predicted molar refractivity (Wildman–Crippen MR) is 104 cm³/mol. The summed E-state index contributed by atoms with van der Waals surface area (Å²) in [5.74, 6) is -0.615. The van der Waals surface area contributed by atoms with Crippen LogP contribution in [0.5, 0.6) is 0 Å². The molecule has 0 spiro atoms. The number of carbonyl (C=O) groups is 2. The summed E-state index contributed by atoms with van der Waals surface area (Å²) in [5.41, 5.74) is 3.74. The summed E-state index contributed by atoms with van der Waals surface area (Å²) in [4.78, 5) is 33.1. The number of benzene rings is 2. The largest absolute Gasteiger partial charge is 0.347 e. The topological polar surface area (TPSA) is 84.0 Å². The van der Waals surface area contributed by atoms with E-state index in [1.807, 2.05) is 50.2 Å². The second-order valence-corrected chi connectivity index (χ2v) is 6.24. The van der Waals surface area contributed by atoms with E-state index in [1.165, 1.54) is 12.4 Å². The number of carbonyl (C=O) groups excluding carboxylic acids is 2. The number of hydrogen-bond acceptors (Lipinski definition) is 4. The molecule has 2 aromatic carbocycles. The highest BCUT2D eigenvalue weighted by Crippen LogP contribution is 2.12. The Bertz CT molecular complexity index is 951. The van der Waals surface area contributed by atoms with Crippen LogP contribution < -0.4 is 10.6 Å². The van der Waals surface area contributed by atoms with E-state index in [0.717, 1.165) is 16.7 Å². The Balaban J connectivity index is 1.70. The fourth-order valence-corrected chi connectivity index (χ4v) is 2.45. The Morgan fingerprint density at radius 2 is 1.41 bits per heavy atom. The summed E-state index contributed by atoms with van der Waals surface area (Å²) < 4.78 is 0. The maximum absolute atomic E-state index is 12.5. The average molecular weight is 360 g/mol. The lowest BCUT2D eigenvalue weighted by atomic mass is 10.1. The van der Waals surface area contributed by atoms with E-state index in [-0.39, 0.29) is 17.4 Å². The number of hydrogen-bond donors (Lipinski definition) is 2. The van der Waals surface area contributed by atoms with Crippen LogP contribution in [-0.4, -0.2) is 21.8 Å². The Morgan fingerprint density at radius 3 is 2.07 bits per heavy atom. The maximum atomic E-state index is 12.5. The van der Waals surface area contributed by atoms with Gasteiger partial charge in [-0.2, -0.15) is 0 Å². The molecule has 0 saturated heterocycles. The highest BCUT2D eigenvalue weighted by molar-refractivity contribution is 6.07. The standard InChI is InChI=1S/C21H20N4O2/c1-14-3-7-16(8-4-14)13-24-21(27)18-19(23-12-11-22-18)25-20(26)17-9-5-15(2)6-10-17/h3-12H,13H2,1-2H3,(H,24,27)(H,23,25,26). The van der Waals surface area contributed by atoms with Crippen LogP contribution in [0.25, 0.3) is 0 Å². The van der Waals surface area contributed by atoms with Crippen molar-refractivity contribution in [3.05, 3.63) is 88.9 Å². The summed E-state index contributed by atoms with van der Waals surface area (Å²) in [6.45, 7) is 4.31. The van der Waals surface area contributed by atoms with Crippen molar-refractivity contribution in [3.8, 4) is 0 Å². The minimum absolute atomic E-state index is 0.0741. The van der Waals surface area contributed by atoms with Crippen molar-refractivity contribution in [2.24, 2.45) is 0 Å². The minimum atomic E-state index is -0.400. The molecule has 6 heteroatoms. The zero-order chi connectivity index (χ0) is 19.2. The van der Waals surface area contributed by atoms with E-state index >= 15 is 0 Å². The van der Waals surface area contributed by atoms with Gasteiger partial charge in [-0.3, -0.25) is 9.59 Å². The molecule has 0 aliphatic rings. The molecule has 1 aromatic heterocycles. The number of aromatic nitrogens is 2. The molecule has 0 unspecified atom stereocenters. The highest BCUT2D eigenvalue weighted by Gasteiger charge is 2.16. The lowest BCUT2D eigenvalue weighted by Crippen LogP contribution is -2.26. The first-order valence-corrected chi connectivity index (χ1v) is 8.56. The van der Waals surface area contributed by atoms with Crippen molar-refractivity contribution >= 4 is 17.6 Å². The number of nitrogens with one attached hydrogen (secondary N) is 2. The maximum Gasteiger partial charge on any atom is 0.274 e. The molecule has 0 bridgehead atoms. The van der Waals surface area contributed by atoms with Crippen LogP contribution in [0.1, 0.15) is 37.5 Å². The second-order valence-electron chi connectivity index (χ2n) is 6.24. The molecule has 2 amide bonds. The van der Waals surface area contributed by atoms with Gasteiger partial charge in [-0.25, -0.2) is 9.97 Å². The SMILES string of the molecule is Cc1ccc(CNC(=O)c2nccnc2NC(=O)c2ccc(C)cc2)cc1. The summed E-state index contributed by atoms with van der Waals surface area (Å²) in [5, 5.41) is 5.46. The Morgan fingerprint density at radius 1 is 0.815 bits per heavy atom. The molecule has 6 nitrogen and oxygen atoms in total. The van der Waals surface area contributed by atoms with E-state index in [2.05, 4.69) is 20.6 Å². The third kappa shape index (κ3) is 4.76. The zero-order valence-corrected chi connectivity index (χ0v) is 15.2. The second kappa shape index (κ2) is 8.23. The lowest BCUT2D eigenvalue weighted by molar-refractivity contribution is 0.0946. The third-order valence-corrected chi connectivity index (χ3v) is 4.03. The van der Waals surface area contributed by atoms with Crippen LogP contribution in [0.2, 0.25) is 0 Å². The minimum Gasteiger partial charge on any atom is -0.347 e. The van der Waals surface area contributed by atoms with Crippen molar-refractivity contribution in [1.29, 1.82) is 0 Å². The van der Waals surface area contributed by atoms with Gasteiger partial charge in [0.2, 0.25) is 0 Å². The summed E-state index contributed by atoms with van der Waals surface area (Å²) >= 11 is 0. The summed E-state index contributed by atoms with van der Waals surface area (Å²) in [7, 11) is 0. The number of rotatable bonds is 5. The Kier molecular flexibility index (Phi) is 5.56. The van der Waals surface area contributed by atoms with Gasteiger partial charge < -0.3 is 10.6 Å². The van der Waals surface area contributed by atoms with Crippen molar-refractivity contribution < 1.29 is 9.59 Å². The van der Waals surface area contributed by atoms with Gasteiger partial charge in [-0.05, 0) is 31.5 Å². The van der Waals surface area contributed by atoms with Gasteiger partial charge in [0.25, 0.3) is 11.8 Å². The average Bonchev–Trinajstić information content (AvgIpc) is 2.68. The van der Waals surface area contributed by atoms with Crippen LogP contribution in [0.4, 0.5) is 5.82 Å². The molecule has 0 fully saturated rings. The van der Waals surface area contributed by atoms with Crippen molar-refractivity contribution in [2.75, 3.05) is 5.32 Å². The van der Waals surface area contributed by atoms with Crippen molar-refractivity contribution in [3.63, 3.8) is 0 Å². The molecule has 0 saturated carbocycles. The van der Waals surface area contributed by atoms with E-state index < -0.39 is 5.91 Å². The van der Waals surface area contributed by atoms with Crippen molar-refractivity contribution in [2.45, 2.75) is 20.4 Å². The van der Waals surface area contributed by atoms with Gasteiger partial charge in [0.1, 0.15) is 0 Å². The molecule has 27 heavy (non-hydrogen) atoms. The molecular formula is C21H20N4O2. The van der Waals surface area contributed by atoms with Gasteiger partial charge in [0.15, 0.2) is 11.5 Å². The summed E-state index contributed by atoms with van der Waals surface area (Å²) in [6.07, 6.45) is 2.85. The molecule has 0 radical (unpaired) electrons. The van der Waals surface area contributed by atoms with Gasteiger partial charge >= 0.3 is 0 Å². The van der Waals surface area contributed by atoms with Crippen LogP contribution >= 0.6 is 0 Å². The first-order chi connectivity index (χ1) is 13.0. The molecule has 1 heterocycles. The Hall–Kier alpha value is -3.54. The third-order valence-electron chi connectivity index (χ3n) is 4.03. The van der Waals surface area contributed by atoms with Crippen LogP contribution in [-0.2, 0) is 6.54 Å². The van der Waals surface area contributed by atoms with E-state index in [0.29, 0.717) is 12.1 Å². The molecule has 0 aliphatic carbocycles. The van der Waals surface area contributed by atoms with Crippen LogP contribution in [0.15, 0.2) is 60.9 Å². The molecule has 0 atom stereocenters. The zero-order valence-electron chi connectivity index (χ0n) is 15.2. The van der Waals surface area contributed by atoms with E-state index in [4.69, 9.17) is 0 Å².